The van der Waals surface area contributed by atoms with E-state index in [1.165, 1.54) is 19.2 Å². The van der Waals surface area contributed by atoms with Gasteiger partial charge in [0.25, 0.3) is 0 Å². The quantitative estimate of drug-likeness (QED) is 0.545. The Labute approximate surface area is 122 Å². The molecule has 20 heavy (non-hydrogen) atoms. The molecule has 0 unspecified atom stereocenters. The van der Waals surface area contributed by atoms with Crippen LogP contribution in [0.4, 0.5) is 4.39 Å². The average molecular weight is 298 g/mol. The summed E-state index contributed by atoms with van der Waals surface area (Å²) < 4.78 is 22.9. The minimum absolute atomic E-state index is 0.120. The molecule has 1 aromatic carbocycles. The van der Waals surface area contributed by atoms with Crippen LogP contribution in [-0.4, -0.2) is 31.2 Å². The van der Waals surface area contributed by atoms with E-state index in [4.69, 9.17) is 9.47 Å². The lowest BCUT2D eigenvalue weighted by atomic mass is 10.1. The third-order valence-corrected chi connectivity index (χ3v) is 4.69. The van der Waals surface area contributed by atoms with Crippen LogP contribution in [0.2, 0.25) is 0 Å². The monoisotopic (exact) mass is 298 g/mol. The Hall–Kier alpha value is -1.23. The van der Waals surface area contributed by atoms with Gasteiger partial charge in [-0.2, -0.15) is 11.8 Å². The molecule has 0 heterocycles. The molecule has 0 amide bonds. The highest BCUT2D eigenvalue weighted by molar-refractivity contribution is 7.99. The highest BCUT2D eigenvalue weighted by Crippen LogP contribution is 2.51. The number of hydrogen-bond acceptors (Lipinski definition) is 4. The molecule has 1 saturated carbocycles. The van der Waals surface area contributed by atoms with Gasteiger partial charge in [-0.05, 0) is 48.3 Å². The fourth-order valence-corrected chi connectivity index (χ4v) is 3.13. The van der Waals surface area contributed by atoms with Crippen LogP contribution in [0.5, 0.6) is 5.75 Å². The van der Waals surface area contributed by atoms with Crippen LogP contribution in [0.25, 0.3) is 0 Å². The Morgan fingerprint density at radius 3 is 2.65 bits per heavy atom. The first-order valence-corrected chi connectivity index (χ1v) is 7.82. The molecule has 0 aromatic heterocycles. The fourth-order valence-electron chi connectivity index (χ4n) is 1.97. The third kappa shape index (κ3) is 4.71. The van der Waals surface area contributed by atoms with Crippen molar-refractivity contribution >= 4 is 17.7 Å². The molecule has 1 aliphatic rings. The second-order valence-electron chi connectivity index (χ2n) is 5.11. The van der Waals surface area contributed by atoms with Crippen LogP contribution in [0.1, 0.15) is 19.3 Å². The van der Waals surface area contributed by atoms with Gasteiger partial charge >= 0.3 is 5.97 Å². The molecule has 1 fully saturated rings. The van der Waals surface area contributed by atoms with E-state index < -0.39 is 0 Å². The second kappa shape index (κ2) is 6.97. The number of thioether (sulfide) groups is 1. The third-order valence-electron chi connectivity index (χ3n) is 3.42. The Morgan fingerprint density at radius 1 is 1.35 bits per heavy atom. The lowest BCUT2D eigenvalue weighted by Crippen LogP contribution is -2.14. The van der Waals surface area contributed by atoms with Gasteiger partial charge in [0.1, 0.15) is 11.6 Å². The summed E-state index contributed by atoms with van der Waals surface area (Å²) in [5.74, 6) is 2.13. The number of esters is 1. The first kappa shape index (κ1) is 15.2. The predicted molar refractivity (Wildman–Crippen MR) is 77.5 cm³/mol. The fraction of sp³-hybridized carbons (Fsp3) is 0.533. The smallest absolute Gasteiger partial charge is 0.306 e. The Balaban J connectivity index is 1.60. The molecule has 0 saturated heterocycles. The normalized spacial score (nSPS) is 15.7. The molecular weight excluding hydrogens is 279 g/mol. The molecule has 0 N–H and O–H groups in total. The maximum atomic E-state index is 12.7. The van der Waals surface area contributed by atoms with Crippen LogP contribution >= 0.6 is 11.8 Å². The van der Waals surface area contributed by atoms with E-state index in [2.05, 4.69) is 0 Å². The van der Waals surface area contributed by atoms with Gasteiger partial charge in [-0.1, -0.05) is 0 Å². The predicted octanol–water partition coefficient (Wildman–Crippen LogP) is 3.28. The molecule has 5 heteroatoms. The van der Waals surface area contributed by atoms with Gasteiger partial charge in [-0.3, -0.25) is 4.79 Å². The molecule has 1 aromatic rings. The van der Waals surface area contributed by atoms with Gasteiger partial charge < -0.3 is 9.47 Å². The molecule has 110 valence electrons. The summed E-state index contributed by atoms with van der Waals surface area (Å²) in [5.41, 5.74) is 0.160. The number of carbonyl (C=O) groups is 1. The van der Waals surface area contributed by atoms with E-state index in [0.29, 0.717) is 18.8 Å². The van der Waals surface area contributed by atoms with Crippen molar-refractivity contribution in [3.63, 3.8) is 0 Å². The van der Waals surface area contributed by atoms with Crippen molar-refractivity contribution in [1.29, 1.82) is 0 Å². The lowest BCUT2D eigenvalue weighted by molar-refractivity contribution is -0.141. The molecule has 0 radical (unpaired) electrons. The average Bonchev–Trinajstić information content (AvgIpc) is 3.20. The van der Waals surface area contributed by atoms with Crippen molar-refractivity contribution in [1.82, 2.24) is 0 Å². The van der Waals surface area contributed by atoms with E-state index in [-0.39, 0.29) is 17.2 Å². The Kier molecular flexibility index (Phi) is 5.29. The molecule has 0 aliphatic heterocycles. The van der Waals surface area contributed by atoms with Gasteiger partial charge in [0.15, 0.2) is 0 Å². The molecule has 1 aliphatic carbocycles. The van der Waals surface area contributed by atoms with Crippen LogP contribution in [0, 0.1) is 11.2 Å². The zero-order valence-electron chi connectivity index (χ0n) is 11.6. The van der Waals surface area contributed by atoms with Crippen molar-refractivity contribution < 1.29 is 18.7 Å². The first-order valence-electron chi connectivity index (χ1n) is 6.66. The number of halogens is 1. The summed E-state index contributed by atoms with van der Waals surface area (Å²) >= 11 is 1.79. The van der Waals surface area contributed by atoms with Gasteiger partial charge in [0.2, 0.25) is 0 Å². The van der Waals surface area contributed by atoms with Gasteiger partial charge in [0, 0.05) is 5.75 Å². The summed E-state index contributed by atoms with van der Waals surface area (Å²) in [6.45, 7) is 0.588. The number of hydrogen-bond donors (Lipinski definition) is 0. The van der Waals surface area contributed by atoms with E-state index in [0.717, 1.165) is 24.3 Å². The number of methoxy groups -OCH3 is 1. The van der Waals surface area contributed by atoms with Crippen molar-refractivity contribution in [3.8, 4) is 5.75 Å². The summed E-state index contributed by atoms with van der Waals surface area (Å²) in [4.78, 5) is 11.3. The van der Waals surface area contributed by atoms with E-state index in [9.17, 15) is 9.18 Å². The molecule has 0 atom stereocenters. The van der Waals surface area contributed by atoms with Crippen molar-refractivity contribution in [2.75, 3.05) is 25.2 Å². The summed E-state index contributed by atoms with van der Waals surface area (Å²) in [6, 6.07) is 6.02. The SMILES string of the molecule is COC(=O)CC1(CSCCOc2ccc(F)cc2)CC1. The Bertz CT molecular complexity index is 443. The van der Waals surface area contributed by atoms with E-state index in [1.807, 2.05) is 0 Å². The summed E-state index contributed by atoms with van der Waals surface area (Å²) in [6.07, 6.45) is 2.73. The topological polar surface area (TPSA) is 35.5 Å². The first-order chi connectivity index (χ1) is 9.63. The van der Waals surface area contributed by atoms with Crippen LogP contribution in [-0.2, 0) is 9.53 Å². The minimum atomic E-state index is -0.259. The number of rotatable bonds is 8. The maximum Gasteiger partial charge on any atom is 0.306 e. The molecular formula is C15H19FO3S. The highest BCUT2D eigenvalue weighted by Gasteiger charge is 2.44. The molecule has 0 bridgehead atoms. The molecule has 0 spiro atoms. The van der Waals surface area contributed by atoms with E-state index >= 15 is 0 Å². The maximum absolute atomic E-state index is 12.7. The van der Waals surface area contributed by atoms with Gasteiger partial charge in [0.05, 0.1) is 20.1 Å². The zero-order chi connectivity index (χ0) is 14.4. The number of benzene rings is 1. The second-order valence-corrected chi connectivity index (χ2v) is 6.21. The molecule has 2 rings (SSSR count). The minimum Gasteiger partial charge on any atom is -0.493 e. The van der Waals surface area contributed by atoms with Crippen molar-refractivity contribution in [2.45, 2.75) is 19.3 Å². The van der Waals surface area contributed by atoms with Gasteiger partial charge in [-0.15, -0.1) is 0 Å². The largest absolute Gasteiger partial charge is 0.493 e. The zero-order valence-corrected chi connectivity index (χ0v) is 12.4. The number of carbonyl (C=O) groups excluding carboxylic acids is 1. The summed E-state index contributed by atoms with van der Waals surface area (Å²) in [5, 5.41) is 0. The van der Waals surface area contributed by atoms with Crippen molar-refractivity contribution in [2.24, 2.45) is 5.41 Å². The van der Waals surface area contributed by atoms with Crippen LogP contribution in [0.15, 0.2) is 24.3 Å². The Morgan fingerprint density at radius 2 is 2.05 bits per heavy atom. The van der Waals surface area contributed by atoms with Crippen LogP contribution < -0.4 is 4.74 Å². The lowest BCUT2D eigenvalue weighted by Gasteiger charge is -2.13. The van der Waals surface area contributed by atoms with E-state index in [1.54, 1.807) is 23.9 Å². The van der Waals surface area contributed by atoms with Crippen molar-refractivity contribution in [3.05, 3.63) is 30.1 Å². The molecule has 3 nitrogen and oxygen atoms in total. The summed E-state index contributed by atoms with van der Waals surface area (Å²) in [7, 11) is 1.43. The number of ether oxygens (including phenoxy) is 2. The standard InChI is InChI=1S/C15H19FO3S/c1-18-14(17)10-15(6-7-15)11-20-9-8-19-13-4-2-12(16)3-5-13/h2-5H,6-11H2,1H3. The van der Waals surface area contributed by atoms with Gasteiger partial charge in [-0.25, -0.2) is 4.39 Å². The van der Waals surface area contributed by atoms with Crippen LogP contribution in [0.3, 0.4) is 0 Å². The highest BCUT2D eigenvalue weighted by atomic mass is 32.2.